The van der Waals surface area contributed by atoms with Gasteiger partial charge in [0.25, 0.3) is 0 Å². The molecule has 0 aromatic carbocycles. The van der Waals surface area contributed by atoms with Crippen LogP contribution >= 0.6 is 0 Å². The van der Waals surface area contributed by atoms with Gasteiger partial charge in [0, 0.05) is 30.2 Å². The number of imidazole rings is 1. The Morgan fingerprint density at radius 3 is 2.90 bits per heavy atom. The molecule has 1 aliphatic rings. The Kier molecular flexibility index (Phi) is 3.21. The van der Waals surface area contributed by atoms with E-state index in [0.717, 1.165) is 11.3 Å². The molecule has 1 unspecified atom stereocenters. The van der Waals surface area contributed by atoms with Crippen LogP contribution in [0.1, 0.15) is 6.42 Å². The second kappa shape index (κ2) is 4.90. The summed E-state index contributed by atoms with van der Waals surface area (Å²) >= 11 is 0. The van der Waals surface area contributed by atoms with Gasteiger partial charge < -0.3 is 10.3 Å². The molecule has 0 bridgehead atoms. The van der Waals surface area contributed by atoms with Crippen LogP contribution in [-0.4, -0.2) is 34.5 Å². The molecule has 0 radical (unpaired) electrons. The number of hydrogen-bond acceptors (Lipinski definition) is 5. The molecule has 3 rings (SSSR count). The molecule has 106 valence electrons. The standard InChI is InChI=1S/C13H16N4O2S/c14-12-1-3-15-5-11(12)13-6-16-9-17(13)7-10-2-4-20(18,19)8-10/h1,3,5-6,9-10H,2,4,7-8H2,(H2,14,15). The predicted octanol–water partition coefficient (Wildman–Crippen LogP) is 0.962. The van der Waals surface area contributed by atoms with Crippen LogP contribution in [0.25, 0.3) is 11.3 Å². The smallest absolute Gasteiger partial charge is 0.150 e. The Labute approximate surface area is 117 Å². The molecular formula is C13H16N4O2S. The van der Waals surface area contributed by atoms with Gasteiger partial charge in [-0.15, -0.1) is 0 Å². The fourth-order valence-corrected chi connectivity index (χ4v) is 4.45. The van der Waals surface area contributed by atoms with Gasteiger partial charge in [0.1, 0.15) is 0 Å². The van der Waals surface area contributed by atoms with Crippen molar-refractivity contribution in [3.63, 3.8) is 0 Å². The Morgan fingerprint density at radius 2 is 2.20 bits per heavy atom. The Balaban J connectivity index is 1.87. The van der Waals surface area contributed by atoms with Crippen LogP contribution in [0.15, 0.2) is 31.0 Å². The molecule has 1 fully saturated rings. The predicted molar refractivity (Wildman–Crippen MR) is 76.6 cm³/mol. The minimum atomic E-state index is -2.86. The molecule has 2 aromatic rings. The molecule has 0 spiro atoms. The first-order valence-corrected chi connectivity index (χ1v) is 8.28. The highest BCUT2D eigenvalue weighted by Crippen LogP contribution is 2.27. The highest BCUT2D eigenvalue weighted by atomic mass is 32.2. The number of sulfone groups is 1. The Morgan fingerprint density at radius 1 is 1.35 bits per heavy atom. The van der Waals surface area contributed by atoms with Crippen molar-refractivity contribution in [2.24, 2.45) is 5.92 Å². The van der Waals surface area contributed by atoms with E-state index in [0.29, 0.717) is 18.7 Å². The van der Waals surface area contributed by atoms with Gasteiger partial charge in [-0.05, 0) is 18.4 Å². The van der Waals surface area contributed by atoms with Crippen molar-refractivity contribution < 1.29 is 8.42 Å². The third-order valence-corrected chi connectivity index (χ3v) is 5.46. The number of anilines is 1. The van der Waals surface area contributed by atoms with Gasteiger partial charge in [0.05, 0.1) is 29.7 Å². The van der Waals surface area contributed by atoms with Crippen LogP contribution in [-0.2, 0) is 16.4 Å². The lowest BCUT2D eigenvalue weighted by Gasteiger charge is -2.13. The van der Waals surface area contributed by atoms with Crippen molar-refractivity contribution >= 4 is 15.5 Å². The van der Waals surface area contributed by atoms with Crippen LogP contribution in [0.2, 0.25) is 0 Å². The fourth-order valence-electron chi connectivity index (χ4n) is 2.60. The first kappa shape index (κ1) is 13.1. The summed E-state index contributed by atoms with van der Waals surface area (Å²) in [6, 6.07) is 1.74. The van der Waals surface area contributed by atoms with Gasteiger partial charge in [0.15, 0.2) is 9.84 Å². The molecule has 2 aromatic heterocycles. The summed E-state index contributed by atoms with van der Waals surface area (Å²) in [5.74, 6) is 0.690. The lowest BCUT2D eigenvalue weighted by Crippen LogP contribution is -2.13. The van der Waals surface area contributed by atoms with Crippen molar-refractivity contribution in [3.8, 4) is 11.3 Å². The SMILES string of the molecule is Nc1ccncc1-c1cncn1CC1CCS(=O)(=O)C1. The number of pyridine rings is 1. The van der Waals surface area contributed by atoms with Crippen LogP contribution in [0, 0.1) is 5.92 Å². The first-order chi connectivity index (χ1) is 9.55. The maximum absolute atomic E-state index is 11.5. The molecule has 3 heterocycles. The minimum Gasteiger partial charge on any atom is -0.398 e. The molecule has 0 amide bonds. The first-order valence-electron chi connectivity index (χ1n) is 6.45. The number of aromatic nitrogens is 3. The van der Waals surface area contributed by atoms with E-state index in [1.165, 1.54) is 0 Å². The zero-order valence-electron chi connectivity index (χ0n) is 10.9. The van der Waals surface area contributed by atoms with Gasteiger partial charge in [-0.2, -0.15) is 0 Å². The van der Waals surface area contributed by atoms with Gasteiger partial charge >= 0.3 is 0 Å². The number of rotatable bonds is 3. The quantitative estimate of drug-likeness (QED) is 0.910. The molecule has 1 saturated heterocycles. The summed E-state index contributed by atoms with van der Waals surface area (Å²) in [5.41, 5.74) is 8.29. The largest absolute Gasteiger partial charge is 0.398 e. The average molecular weight is 292 g/mol. The summed E-state index contributed by atoms with van der Waals surface area (Å²) in [6.45, 7) is 0.642. The number of nitrogens with two attached hydrogens (primary N) is 1. The lowest BCUT2D eigenvalue weighted by molar-refractivity contribution is 0.493. The van der Waals surface area contributed by atoms with E-state index in [-0.39, 0.29) is 17.4 Å². The topological polar surface area (TPSA) is 90.9 Å². The van der Waals surface area contributed by atoms with Crippen molar-refractivity contribution in [1.29, 1.82) is 0 Å². The number of nitrogen functional groups attached to an aromatic ring is 1. The third kappa shape index (κ3) is 2.53. The second-order valence-electron chi connectivity index (χ2n) is 5.16. The molecule has 6 nitrogen and oxygen atoms in total. The highest BCUT2D eigenvalue weighted by Gasteiger charge is 2.28. The monoisotopic (exact) mass is 292 g/mol. The zero-order valence-corrected chi connectivity index (χ0v) is 11.8. The van der Waals surface area contributed by atoms with E-state index in [1.807, 2.05) is 4.57 Å². The summed E-state index contributed by atoms with van der Waals surface area (Å²) in [4.78, 5) is 8.23. The van der Waals surface area contributed by atoms with Crippen LogP contribution < -0.4 is 5.73 Å². The summed E-state index contributed by atoms with van der Waals surface area (Å²) in [6.07, 6.45) is 7.50. The third-order valence-electron chi connectivity index (χ3n) is 3.62. The number of nitrogens with zero attached hydrogens (tertiary/aromatic N) is 3. The van der Waals surface area contributed by atoms with E-state index in [2.05, 4.69) is 9.97 Å². The summed E-state index contributed by atoms with van der Waals surface area (Å²) < 4.78 is 25.0. The maximum Gasteiger partial charge on any atom is 0.150 e. The van der Waals surface area contributed by atoms with Gasteiger partial charge in [0.2, 0.25) is 0 Å². The average Bonchev–Trinajstić information content (AvgIpc) is 2.97. The Bertz CT molecular complexity index is 723. The van der Waals surface area contributed by atoms with E-state index >= 15 is 0 Å². The van der Waals surface area contributed by atoms with E-state index in [4.69, 9.17) is 5.73 Å². The lowest BCUT2D eigenvalue weighted by atomic mass is 10.1. The molecule has 0 saturated carbocycles. The van der Waals surface area contributed by atoms with E-state index in [9.17, 15) is 8.42 Å². The maximum atomic E-state index is 11.5. The highest BCUT2D eigenvalue weighted by molar-refractivity contribution is 7.91. The second-order valence-corrected chi connectivity index (χ2v) is 7.39. The molecule has 0 aliphatic carbocycles. The number of hydrogen-bond donors (Lipinski definition) is 1. The summed E-state index contributed by atoms with van der Waals surface area (Å²) in [7, 11) is -2.86. The molecule has 2 N–H and O–H groups in total. The molecule has 1 atom stereocenters. The fraction of sp³-hybridized carbons (Fsp3) is 0.385. The molecular weight excluding hydrogens is 276 g/mol. The minimum absolute atomic E-state index is 0.144. The van der Waals surface area contributed by atoms with Gasteiger partial charge in [-0.25, -0.2) is 13.4 Å². The van der Waals surface area contributed by atoms with Crippen LogP contribution in [0.4, 0.5) is 5.69 Å². The normalized spacial score (nSPS) is 21.1. The molecule has 1 aliphatic heterocycles. The van der Waals surface area contributed by atoms with Crippen molar-refractivity contribution in [2.45, 2.75) is 13.0 Å². The van der Waals surface area contributed by atoms with Gasteiger partial charge in [-0.3, -0.25) is 4.98 Å². The summed E-state index contributed by atoms with van der Waals surface area (Å²) in [5, 5.41) is 0. The van der Waals surface area contributed by atoms with Crippen molar-refractivity contribution in [3.05, 3.63) is 31.0 Å². The van der Waals surface area contributed by atoms with E-state index in [1.54, 1.807) is 31.0 Å². The Hall–Kier alpha value is -1.89. The molecule has 20 heavy (non-hydrogen) atoms. The van der Waals surface area contributed by atoms with Crippen molar-refractivity contribution in [1.82, 2.24) is 14.5 Å². The van der Waals surface area contributed by atoms with Gasteiger partial charge in [-0.1, -0.05) is 0 Å². The van der Waals surface area contributed by atoms with Crippen LogP contribution in [0.5, 0.6) is 0 Å². The zero-order chi connectivity index (χ0) is 14.2. The van der Waals surface area contributed by atoms with Crippen LogP contribution in [0.3, 0.4) is 0 Å². The molecule has 7 heteroatoms. The van der Waals surface area contributed by atoms with Crippen molar-refractivity contribution in [2.75, 3.05) is 17.2 Å². The van der Waals surface area contributed by atoms with E-state index < -0.39 is 9.84 Å².